The van der Waals surface area contributed by atoms with Crippen LogP contribution in [0.2, 0.25) is 0 Å². The average molecular weight is 581 g/mol. The SMILES string of the molecule is COc1cccc(Nc2ncnn3ccc(CN4CC[C@@H](NC(=O)OCc5ccccc5)C(NS(N)(=O)=O)C4)c23)c1. The maximum absolute atomic E-state index is 12.5. The highest BCUT2D eigenvalue weighted by atomic mass is 32.2. The van der Waals surface area contributed by atoms with Crippen LogP contribution in [-0.2, 0) is 28.1 Å². The first kappa shape index (κ1) is 28.3. The molecule has 2 aromatic heterocycles. The van der Waals surface area contributed by atoms with Crippen LogP contribution in [0.25, 0.3) is 5.52 Å². The molecule has 1 unspecified atom stereocenters. The summed E-state index contributed by atoms with van der Waals surface area (Å²) >= 11 is 0. The highest BCUT2D eigenvalue weighted by Crippen LogP contribution is 2.27. The number of fused-ring (bicyclic) bond motifs is 1. The minimum atomic E-state index is -4.03. The molecule has 1 saturated heterocycles. The Bertz CT molecular complexity index is 1600. The number of methoxy groups -OCH3 is 1. The number of ether oxygens (including phenoxy) is 2. The van der Waals surface area contributed by atoms with Gasteiger partial charge in [-0.25, -0.2) is 19.4 Å². The van der Waals surface area contributed by atoms with Crippen molar-refractivity contribution >= 4 is 33.3 Å². The molecular weight excluding hydrogens is 548 g/mol. The van der Waals surface area contributed by atoms with Crippen LogP contribution in [0, 0.1) is 0 Å². The number of rotatable bonds is 10. The molecule has 14 heteroatoms. The maximum Gasteiger partial charge on any atom is 0.407 e. The molecule has 0 bridgehead atoms. The Kier molecular flexibility index (Phi) is 8.64. The molecule has 0 aliphatic carbocycles. The molecule has 1 aliphatic rings. The second-order valence-electron chi connectivity index (χ2n) is 9.71. The molecule has 0 spiro atoms. The molecule has 0 radical (unpaired) electrons. The van der Waals surface area contributed by atoms with Gasteiger partial charge in [0.2, 0.25) is 0 Å². The second kappa shape index (κ2) is 12.5. The molecule has 2 aromatic carbocycles. The second-order valence-corrected chi connectivity index (χ2v) is 11.0. The standard InChI is InChI=1S/C27H32N8O5S/c1-39-22-9-5-8-21(14-22)31-26-25-20(10-13-35(25)30-18-29-26)15-34-12-11-23(24(16-34)33-41(28,37)38)32-27(36)40-17-19-6-3-2-4-7-19/h2-10,13-14,18,23-24,33H,11-12,15-17H2,1H3,(H,32,36)(H2,28,37,38)(H,29,30,31)/t23-,24?/m1/s1. The van der Waals surface area contributed by atoms with Crippen molar-refractivity contribution in [1.82, 2.24) is 29.5 Å². The zero-order valence-corrected chi connectivity index (χ0v) is 23.3. The lowest BCUT2D eigenvalue weighted by molar-refractivity contribution is 0.118. The van der Waals surface area contributed by atoms with E-state index in [-0.39, 0.29) is 6.61 Å². The number of alkyl carbamates (subject to hydrolysis) is 1. The van der Waals surface area contributed by atoms with Gasteiger partial charge in [0.1, 0.15) is 24.2 Å². The number of benzene rings is 2. The van der Waals surface area contributed by atoms with Gasteiger partial charge in [0.25, 0.3) is 10.2 Å². The number of piperidine rings is 1. The van der Waals surface area contributed by atoms with Gasteiger partial charge in [-0.3, -0.25) is 4.90 Å². The van der Waals surface area contributed by atoms with Gasteiger partial charge in [-0.1, -0.05) is 36.4 Å². The first-order valence-electron chi connectivity index (χ1n) is 13.0. The van der Waals surface area contributed by atoms with Gasteiger partial charge in [-0.15, -0.1) is 0 Å². The third-order valence-corrected chi connectivity index (χ3v) is 7.42. The Labute approximate surface area is 237 Å². The predicted octanol–water partition coefficient (Wildman–Crippen LogP) is 2.14. The van der Waals surface area contributed by atoms with Gasteiger partial charge in [0, 0.05) is 37.6 Å². The van der Waals surface area contributed by atoms with E-state index in [1.54, 1.807) is 11.6 Å². The van der Waals surface area contributed by atoms with Gasteiger partial charge >= 0.3 is 6.09 Å². The number of likely N-dealkylation sites (tertiary alicyclic amines) is 1. The van der Waals surface area contributed by atoms with Crippen molar-refractivity contribution in [2.24, 2.45) is 5.14 Å². The van der Waals surface area contributed by atoms with Crippen molar-refractivity contribution in [3.8, 4) is 5.75 Å². The summed E-state index contributed by atoms with van der Waals surface area (Å²) in [6, 6.07) is 17.6. The number of hydrogen-bond acceptors (Lipinski definition) is 9. The molecule has 0 saturated carbocycles. The van der Waals surface area contributed by atoms with Gasteiger partial charge in [-0.05, 0) is 35.7 Å². The van der Waals surface area contributed by atoms with Crippen LogP contribution in [0.1, 0.15) is 17.5 Å². The molecule has 3 heterocycles. The van der Waals surface area contributed by atoms with Gasteiger partial charge < -0.3 is 20.1 Å². The number of amides is 1. The first-order valence-corrected chi connectivity index (χ1v) is 14.5. The monoisotopic (exact) mass is 580 g/mol. The van der Waals surface area contributed by atoms with E-state index in [1.807, 2.05) is 66.9 Å². The van der Waals surface area contributed by atoms with E-state index in [1.165, 1.54) is 6.33 Å². The average Bonchev–Trinajstić information content (AvgIpc) is 3.37. The summed E-state index contributed by atoms with van der Waals surface area (Å²) < 4.78 is 38.8. The topological polar surface area (TPSA) is 165 Å². The summed E-state index contributed by atoms with van der Waals surface area (Å²) in [5, 5.41) is 15.8. The van der Waals surface area contributed by atoms with E-state index in [4.69, 9.17) is 14.6 Å². The number of carbonyl (C=O) groups is 1. The van der Waals surface area contributed by atoms with E-state index in [0.717, 1.165) is 22.3 Å². The normalized spacial score (nSPS) is 17.7. The minimum absolute atomic E-state index is 0.106. The Balaban J connectivity index is 1.28. The Morgan fingerprint density at radius 3 is 2.73 bits per heavy atom. The van der Waals surface area contributed by atoms with E-state index in [0.29, 0.717) is 37.6 Å². The van der Waals surface area contributed by atoms with E-state index >= 15 is 0 Å². The summed E-state index contributed by atoms with van der Waals surface area (Å²) in [4.78, 5) is 19.1. The number of aromatic nitrogens is 3. The zero-order valence-electron chi connectivity index (χ0n) is 22.4. The summed E-state index contributed by atoms with van der Waals surface area (Å²) in [5.41, 5.74) is 3.39. The van der Waals surface area contributed by atoms with E-state index < -0.39 is 28.4 Å². The summed E-state index contributed by atoms with van der Waals surface area (Å²) in [5.74, 6) is 1.33. The highest BCUT2D eigenvalue weighted by Gasteiger charge is 2.33. The lowest BCUT2D eigenvalue weighted by Crippen LogP contribution is -2.61. The van der Waals surface area contributed by atoms with Crippen LogP contribution in [0.4, 0.5) is 16.3 Å². The summed E-state index contributed by atoms with van der Waals surface area (Å²) in [6.07, 6.45) is 3.17. The van der Waals surface area contributed by atoms with Crippen LogP contribution in [0.5, 0.6) is 5.75 Å². The Hall–Kier alpha value is -4.24. The number of hydrogen-bond donors (Lipinski definition) is 4. The van der Waals surface area contributed by atoms with Crippen LogP contribution >= 0.6 is 0 Å². The largest absolute Gasteiger partial charge is 0.497 e. The fraction of sp³-hybridized carbons (Fsp3) is 0.296. The summed E-state index contributed by atoms with van der Waals surface area (Å²) in [6.45, 7) is 1.50. The third-order valence-electron chi connectivity index (χ3n) is 6.79. The number of carbonyl (C=O) groups excluding carboxylic acids is 1. The Morgan fingerprint density at radius 1 is 1.12 bits per heavy atom. The summed E-state index contributed by atoms with van der Waals surface area (Å²) in [7, 11) is -2.42. The van der Waals surface area contributed by atoms with Crippen molar-refractivity contribution in [1.29, 1.82) is 0 Å². The fourth-order valence-electron chi connectivity index (χ4n) is 4.90. The van der Waals surface area contributed by atoms with Crippen LogP contribution in [0.3, 0.4) is 0 Å². The molecule has 41 heavy (non-hydrogen) atoms. The smallest absolute Gasteiger partial charge is 0.407 e. The van der Waals surface area contributed by atoms with Gasteiger partial charge in [0.15, 0.2) is 5.82 Å². The third kappa shape index (κ3) is 7.49. The highest BCUT2D eigenvalue weighted by molar-refractivity contribution is 7.87. The number of nitrogens with one attached hydrogen (secondary N) is 3. The van der Waals surface area contributed by atoms with Crippen LogP contribution in [-0.4, -0.2) is 66.3 Å². The van der Waals surface area contributed by atoms with Crippen LogP contribution < -0.4 is 25.2 Å². The quantitative estimate of drug-likeness (QED) is 0.220. The fourth-order valence-corrected chi connectivity index (χ4v) is 5.56. The molecule has 1 aliphatic heterocycles. The van der Waals surface area contributed by atoms with Gasteiger partial charge in [-0.2, -0.15) is 18.2 Å². The number of nitrogens with zero attached hydrogens (tertiary/aromatic N) is 4. The lowest BCUT2D eigenvalue weighted by Gasteiger charge is -2.38. The Morgan fingerprint density at radius 2 is 1.95 bits per heavy atom. The lowest BCUT2D eigenvalue weighted by atomic mass is 9.99. The molecule has 13 nitrogen and oxygen atoms in total. The van der Waals surface area contributed by atoms with Crippen LogP contribution in [0.15, 0.2) is 73.2 Å². The number of nitrogens with two attached hydrogens (primary N) is 1. The van der Waals surface area contributed by atoms with Crippen molar-refractivity contribution < 1.29 is 22.7 Å². The van der Waals surface area contributed by atoms with Crippen molar-refractivity contribution in [2.75, 3.05) is 25.5 Å². The first-order chi connectivity index (χ1) is 19.8. The van der Waals surface area contributed by atoms with Gasteiger partial charge in [0.05, 0.1) is 19.2 Å². The molecule has 1 fully saturated rings. The minimum Gasteiger partial charge on any atom is -0.497 e. The predicted molar refractivity (Wildman–Crippen MR) is 153 cm³/mol. The maximum atomic E-state index is 12.5. The molecule has 216 valence electrons. The molecule has 5 rings (SSSR count). The number of anilines is 2. The van der Waals surface area contributed by atoms with Crippen molar-refractivity contribution in [3.05, 3.63) is 84.3 Å². The molecule has 2 atom stereocenters. The van der Waals surface area contributed by atoms with Crippen molar-refractivity contribution in [2.45, 2.75) is 31.7 Å². The molecule has 1 amide bonds. The zero-order chi connectivity index (χ0) is 28.8. The molecule has 5 N–H and O–H groups in total. The van der Waals surface area contributed by atoms with E-state index in [2.05, 4.69) is 30.3 Å². The molecular formula is C27H32N8O5S. The van der Waals surface area contributed by atoms with E-state index in [9.17, 15) is 13.2 Å². The molecule has 4 aromatic rings. The van der Waals surface area contributed by atoms with Crippen molar-refractivity contribution in [3.63, 3.8) is 0 Å².